The van der Waals surface area contributed by atoms with Gasteiger partial charge in [0.1, 0.15) is 17.1 Å². The van der Waals surface area contributed by atoms with E-state index < -0.39 is 10.5 Å². The van der Waals surface area contributed by atoms with E-state index in [2.05, 4.69) is 10.4 Å². The molecule has 35 heavy (non-hydrogen) atoms. The first kappa shape index (κ1) is 25.7. The number of nitro benzene ring substituents is 1. The summed E-state index contributed by atoms with van der Waals surface area (Å²) in [4.78, 5) is 26.5. The maximum atomic E-state index is 13.4. The Morgan fingerprint density at radius 3 is 2.69 bits per heavy atom. The Hall–Kier alpha value is -3.96. The molecule has 1 aromatic heterocycles. The average molecular weight is 484 g/mol. The fraction of sp³-hybridized carbons (Fsp3) is 0.333. The number of nitrogens with zero attached hydrogens (tertiary/aromatic N) is 4. The lowest BCUT2D eigenvalue weighted by molar-refractivity contribution is -0.384. The van der Waals surface area contributed by atoms with Gasteiger partial charge in [0, 0.05) is 37.5 Å². The smallest absolute Gasteiger partial charge is 0.295 e. The Labute approximate surface area is 202 Å². The number of hydrogen-bond acceptors (Lipinski definition) is 9. The summed E-state index contributed by atoms with van der Waals surface area (Å²) in [5.41, 5.74) is 1.37. The van der Waals surface area contributed by atoms with E-state index in [1.807, 2.05) is 13.0 Å². The number of aromatic nitrogens is 2. The number of methoxy groups -OCH3 is 1. The Kier molecular flexibility index (Phi) is 8.76. The third-order valence-electron chi connectivity index (χ3n) is 5.36. The van der Waals surface area contributed by atoms with E-state index >= 15 is 0 Å². The summed E-state index contributed by atoms with van der Waals surface area (Å²) in [7, 11) is 3.33. The molecule has 0 saturated carbocycles. The molecule has 3 aromatic rings. The van der Waals surface area contributed by atoms with Gasteiger partial charge in [-0.1, -0.05) is 12.1 Å². The molecule has 0 radical (unpaired) electrons. The number of anilines is 2. The second-order valence-electron chi connectivity index (χ2n) is 7.60. The van der Waals surface area contributed by atoms with Crippen molar-refractivity contribution in [3.63, 3.8) is 0 Å². The van der Waals surface area contributed by atoms with E-state index in [-0.39, 0.29) is 24.6 Å². The molecule has 0 fully saturated rings. The number of ether oxygens (including phenoxy) is 2. The lowest BCUT2D eigenvalue weighted by atomic mass is 10.1. The van der Waals surface area contributed by atoms with Crippen LogP contribution < -0.4 is 20.5 Å². The van der Waals surface area contributed by atoms with Crippen LogP contribution in [0.3, 0.4) is 0 Å². The molecule has 0 amide bonds. The molecular weight excluding hydrogens is 454 g/mol. The second kappa shape index (κ2) is 12.0. The quantitative estimate of drug-likeness (QED) is 0.227. The molecule has 2 aromatic carbocycles. The first-order valence-corrected chi connectivity index (χ1v) is 11.1. The molecule has 0 unspecified atom stereocenters. The van der Waals surface area contributed by atoms with E-state index in [0.717, 1.165) is 4.68 Å². The van der Waals surface area contributed by atoms with E-state index in [1.54, 1.807) is 49.4 Å². The minimum absolute atomic E-state index is 0.0387. The van der Waals surface area contributed by atoms with Crippen LogP contribution >= 0.6 is 0 Å². The molecule has 0 aliphatic carbocycles. The largest absolute Gasteiger partial charge is 0.497 e. The summed E-state index contributed by atoms with van der Waals surface area (Å²) in [6, 6.07) is 13.3. The van der Waals surface area contributed by atoms with Crippen LogP contribution in [0.2, 0.25) is 0 Å². The zero-order valence-electron chi connectivity index (χ0n) is 19.9. The standard InChI is InChI=1S/C24H29N5O6/c1-4-27(2)23-16-20(17-6-5-7-19(14-17)34-3)26-28(24(23)31)22-15-18(8-9-21(22)29(32)33)25-10-12-35-13-11-30/h5-9,14-16,25,30H,4,10-13H2,1-3H3. The van der Waals surface area contributed by atoms with Crippen LogP contribution in [-0.2, 0) is 4.74 Å². The Morgan fingerprint density at radius 1 is 1.20 bits per heavy atom. The zero-order valence-corrected chi connectivity index (χ0v) is 19.9. The monoisotopic (exact) mass is 483 g/mol. The predicted molar refractivity (Wildman–Crippen MR) is 134 cm³/mol. The summed E-state index contributed by atoms with van der Waals surface area (Å²) in [5.74, 6) is 0.619. The number of aliphatic hydroxyl groups excluding tert-OH is 1. The molecule has 0 saturated heterocycles. The van der Waals surface area contributed by atoms with Crippen LogP contribution in [0.5, 0.6) is 5.75 Å². The summed E-state index contributed by atoms with van der Waals surface area (Å²) < 4.78 is 11.6. The number of aliphatic hydroxyl groups is 1. The van der Waals surface area contributed by atoms with Crippen LogP contribution in [0.25, 0.3) is 16.9 Å². The van der Waals surface area contributed by atoms with E-state index in [0.29, 0.717) is 48.1 Å². The van der Waals surface area contributed by atoms with Gasteiger partial charge in [0.25, 0.3) is 11.2 Å². The van der Waals surface area contributed by atoms with Crippen LogP contribution in [-0.4, -0.2) is 66.9 Å². The first-order chi connectivity index (χ1) is 16.9. The molecule has 11 heteroatoms. The summed E-state index contributed by atoms with van der Waals surface area (Å²) in [6.07, 6.45) is 0. The van der Waals surface area contributed by atoms with E-state index in [1.165, 1.54) is 12.1 Å². The van der Waals surface area contributed by atoms with Gasteiger partial charge in [0.05, 0.1) is 37.5 Å². The van der Waals surface area contributed by atoms with Crippen molar-refractivity contribution in [1.29, 1.82) is 0 Å². The van der Waals surface area contributed by atoms with Crippen molar-refractivity contribution in [1.82, 2.24) is 9.78 Å². The van der Waals surface area contributed by atoms with Gasteiger partial charge in [-0.2, -0.15) is 9.78 Å². The third-order valence-corrected chi connectivity index (χ3v) is 5.36. The highest BCUT2D eigenvalue weighted by atomic mass is 16.6. The highest BCUT2D eigenvalue weighted by Gasteiger charge is 2.22. The molecule has 0 spiro atoms. The summed E-state index contributed by atoms with van der Waals surface area (Å²) >= 11 is 0. The molecule has 0 atom stereocenters. The summed E-state index contributed by atoms with van der Waals surface area (Å²) in [6.45, 7) is 3.34. The molecule has 2 N–H and O–H groups in total. The van der Waals surface area contributed by atoms with Gasteiger partial charge in [-0.05, 0) is 37.3 Å². The SMILES string of the molecule is CCN(C)c1cc(-c2cccc(OC)c2)nn(-c2cc(NCCOCCO)ccc2[N+](=O)[O-])c1=O. The zero-order chi connectivity index (χ0) is 25.4. The van der Waals surface area contributed by atoms with Crippen molar-refractivity contribution in [2.45, 2.75) is 6.92 Å². The van der Waals surface area contributed by atoms with Gasteiger partial charge in [0.15, 0.2) is 0 Å². The van der Waals surface area contributed by atoms with Crippen molar-refractivity contribution in [2.75, 3.05) is 57.3 Å². The Balaban J connectivity index is 2.15. The van der Waals surface area contributed by atoms with Crippen molar-refractivity contribution in [2.24, 2.45) is 0 Å². The number of hydrogen-bond donors (Lipinski definition) is 2. The molecule has 11 nitrogen and oxygen atoms in total. The molecule has 0 bridgehead atoms. The number of nitro groups is 1. The van der Waals surface area contributed by atoms with Crippen LogP contribution in [0.4, 0.5) is 17.1 Å². The molecule has 1 heterocycles. The molecular formula is C24H29N5O6. The average Bonchev–Trinajstić information content (AvgIpc) is 2.88. The van der Waals surface area contributed by atoms with Gasteiger partial charge in [-0.3, -0.25) is 14.9 Å². The maximum Gasteiger partial charge on any atom is 0.295 e. The van der Waals surface area contributed by atoms with Crippen molar-refractivity contribution in [3.05, 3.63) is 69.0 Å². The minimum atomic E-state index is -0.543. The maximum absolute atomic E-state index is 13.4. The number of benzene rings is 2. The van der Waals surface area contributed by atoms with Crippen molar-refractivity contribution >= 4 is 17.1 Å². The lowest BCUT2D eigenvalue weighted by Crippen LogP contribution is -2.30. The van der Waals surface area contributed by atoms with Crippen LogP contribution in [0, 0.1) is 10.1 Å². The molecule has 3 rings (SSSR count). The van der Waals surface area contributed by atoms with Crippen LogP contribution in [0.15, 0.2) is 53.3 Å². The fourth-order valence-electron chi connectivity index (χ4n) is 3.40. The molecule has 186 valence electrons. The Morgan fingerprint density at radius 2 is 2.00 bits per heavy atom. The van der Waals surface area contributed by atoms with E-state index in [9.17, 15) is 14.9 Å². The minimum Gasteiger partial charge on any atom is -0.497 e. The van der Waals surface area contributed by atoms with Crippen molar-refractivity contribution in [3.8, 4) is 22.7 Å². The van der Waals surface area contributed by atoms with Gasteiger partial charge in [-0.25, -0.2) is 0 Å². The Bertz CT molecular complexity index is 1230. The lowest BCUT2D eigenvalue weighted by Gasteiger charge is -2.19. The van der Waals surface area contributed by atoms with Gasteiger partial charge >= 0.3 is 0 Å². The normalized spacial score (nSPS) is 10.7. The van der Waals surface area contributed by atoms with Gasteiger partial charge < -0.3 is 24.8 Å². The highest BCUT2D eigenvalue weighted by Crippen LogP contribution is 2.28. The number of rotatable bonds is 12. The molecule has 0 aliphatic heterocycles. The molecule has 0 aliphatic rings. The summed E-state index contributed by atoms with van der Waals surface area (Å²) in [5, 5.41) is 28.3. The van der Waals surface area contributed by atoms with Crippen molar-refractivity contribution < 1.29 is 19.5 Å². The van der Waals surface area contributed by atoms with E-state index in [4.69, 9.17) is 14.6 Å². The van der Waals surface area contributed by atoms with Gasteiger partial charge in [0.2, 0.25) is 0 Å². The second-order valence-corrected chi connectivity index (χ2v) is 7.60. The predicted octanol–water partition coefficient (Wildman–Crippen LogP) is 2.69. The number of nitrogens with one attached hydrogen (secondary N) is 1. The topological polar surface area (TPSA) is 132 Å². The van der Waals surface area contributed by atoms with Crippen LogP contribution in [0.1, 0.15) is 6.92 Å². The first-order valence-electron chi connectivity index (χ1n) is 11.1. The third kappa shape index (κ3) is 6.14. The van der Waals surface area contributed by atoms with Gasteiger partial charge in [-0.15, -0.1) is 0 Å². The highest BCUT2D eigenvalue weighted by molar-refractivity contribution is 5.67. The fourth-order valence-corrected chi connectivity index (χ4v) is 3.40.